The summed E-state index contributed by atoms with van der Waals surface area (Å²) in [5, 5.41) is 12.7. The quantitative estimate of drug-likeness (QED) is 0.595. The summed E-state index contributed by atoms with van der Waals surface area (Å²) in [6.07, 6.45) is 0. The van der Waals surface area contributed by atoms with E-state index in [0.717, 1.165) is 16.9 Å². The first kappa shape index (κ1) is 17.3. The highest BCUT2D eigenvalue weighted by Crippen LogP contribution is 2.15. The zero-order valence-corrected chi connectivity index (χ0v) is 13.6. The molecule has 0 bridgehead atoms. The lowest BCUT2D eigenvalue weighted by atomic mass is 10.1. The Labute approximate surface area is 140 Å². The van der Waals surface area contributed by atoms with Gasteiger partial charge in [0.15, 0.2) is 6.61 Å². The van der Waals surface area contributed by atoms with Gasteiger partial charge in [0.1, 0.15) is 18.1 Å². The smallest absolute Gasteiger partial charge is 0.341 e. The second-order valence-electron chi connectivity index (χ2n) is 5.01. The Bertz CT molecular complexity index is 710. The predicted molar refractivity (Wildman–Crippen MR) is 89.6 cm³/mol. The molecule has 0 fully saturated rings. The van der Waals surface area contributed by atoms with Crippen molar-refractivity contribution >= 4 is 11.7 Å². The van der Waals surface area contributed by atoms with Crippen molar-refractivity contribution in [3.8, 4) is 11.5 Å². The number of methoxy groups -OCH3 is 1. The van der Waals surface area contributed by atoms with E-state index in [9.17, 15) is 4.79 Å². The van der Waals surface area contributed by atoms with Crippen LogP contribution in [0, 0.1) is 0 Å². The van der Waals surface area contributed by atoms with Gasteiger partial charge >= 0.3 is 5.97 Å². The second-order valence-corrected chi connectivity index (χ2v) is 5.01. The van der Waals surface area contributed by atoms with E-state index >= 15 is 0 Å². The van der Waals surface area contributed by atoms with E-state index in [1.165, 1.54) is 0 Å². The van der Waals surface area contributed by atoms with Crippen molar-refractivity contribution in [2.24, 2.45) is 5.16 Å². The van der Waals surface area contributed by atoms with Crippen molar-refractivity contribution < 1.29 is 24.2 Å². The minimum absolute atomic E-state index is 0.344. The Morgan fingerprint density at radius 3 is 2.54 bits per heavy atom. The molecule has 0 radical (unpaired) electrons. The fourth-order valence-electron chi connectivity index (χ4n) is 1.93. The monoisotopic (exact) mass is 329 g/mol. The molecule has 6 heteroatoms. The van der Waals surface area contributed by atoms with Crippen molar-refractivity contribution in [3.05, 3.63) is 59.7 Å². The second kappa shape index (κ2) is 8.57. The lowest BCUT2D eigenvalue weighted by Crippen LogP contribution is -2.09. The maximum atomic E-state index is 10.5. The van der Waals surface area contributed by atoms with E-state index in [2.05, 4.69) is 5.16 Å². The highest BCUT2D eigenvalue weighted by Gasteiger charge is 2.03. The minimum atomic E-state index is -1.02. The van der Waals surface area contributed by atoms with Gasteiger partial charge < -0.3 is 19.4 Å². The average Bonchev–Trinajstić information content (AvgIpc) is 2.60. The number of benzene rings is 2. The fraction of sp³-hybridized carbons (Fsp3) is 0.222. The molecule has 0 aliphatic carbocycles. The Hall–Kier alpha value is -3.02. The molecule has 0 unspecified atom stereocenters. The molecule has 0 heterocycles. The van der Waals surface area contributed by atoms with E-state index in [1.54, 1.807) is 25.3 Å². The standard InChI is InChI=1S/C18H19NO5/c1-13(15-4-3-5-17(10-15)23-12-18(20)21)19-24-11-14-6-8-16(22-2)9-7-14/h3-10H,11-12H2,1-2H3,(H,20,21)/b19-13+. The van der Waals surface area contributed by atoms with E-state index in [-0.39, 0.29) is 6.61 Å². The third-order valence-corrected chi connectivity index (χ3v) is 3.21. The van der Waals surface area contributed by atoms with Crippen molar-refractivity contribution in [2.75, 3.05) is 13.7 Å². The van der Waals surface area contributed by atoms with E-state index in [1.807, 2.05) is 37.3 Å². The molecule has 0 spiro atoms. The Morgan fingerprint density at radius 2 is 1.88 bits per heavy atom. The number of oxime groups is 1. The topological polar surface area (TPSA) is 77.3 Å². The summed E-state index contributed by atoms with van der Waals surface area (Å²) in [5.41, 5.74) is 2.45. The molecule has 1 N–H and O–H groups in total. The van der Waals surface area contributed by atoms with Gasteiger partial charge in [0.05, 0.1) is 12.8 Å². The van der Waals surface area contributed by atoms with Crippen LogP contribution in [-0.4, -0.2) is 30.5 Å². The number of carbonyl (C=O) groups is 1. The molecule has 126 valence electrons. The maximum Gasteiger partial charge on any atom is 0.341 e. The average molecular weight is 329 g/mol. The number of nitrogens with zero attached hydrogens (tertiary/aromatic N) is 1. The largest absolute Gasteiger partial charge is 0.497 e. The van der Waals surface area contributed by atoms with Crippen LogP contribution in [0.15, 0.2) is 53.7 Å². The van der Waals surface area contributed by atoms with E-state index in [4.69, 9.17) is 19.4 Å². The number of carboxylic acid groups (broad SMARTS) is 1. The zero-order chi connectivity index (χ0) is 17.4. The van der Waals surface area contributed by atoms with Crippen molar-refractivity contribution in [2.45, 2.75) is 13.5 Å². The molecule has 0 aliphatic rings. The summed E-state index contributed by atoms with van der Waals surface area (Å²) in [6, 6.07) is 14.6. The zero-order valence-electron chi connectivity index (χ0n) is 13.6. The molecule has 2 rings (SSSR count). The summed E-state index contributed by atoms with van der Waals surface area (Å²) in [4.78, 5) is 15.9. The van der Waals surface area contributed by atoms with Crippen LogP contribution >= 0.6 is 0 Å². The van der Waals surface area contributed by atoms with Crippen molar-refractivity contribution in [3.63, 3.8) is 0 Å². The summed E-state index contributed by atoms with van der Waals surface area (Å²) in [5.74, 6) is 0.241. The van der Waals surface area contributed by atoms with Gasteiger partial charge in [0.2, 0.25) is 0 Å². The van der Waals surface area contributed by atoms with E-state index < -0.39 is 5.97 Å². The molecule has 0 saturated heterocycles. The predicted octanol–water partition coefficient (Wildman–Crippen LogP) is 3.10. The number of carboxylic acids is 1. The Balaban J connectivity index is 1.94. The molecule has 0 saturated carbocycles. The normalized spacial score (nSPS) is 11.0. The first-order chi connectivity index (χ1) is 11.6. The molecule has 6 nitrogen and oxygen atoms in total. The van der Waals surface area contributed by atoms with Crippen LogP contribution < -0.4 is 9.47 Å². The first-order valence-electron chi connectivity index (χ1n) is 7.33. The van der Waals surface area contributed by atoms with Gasteiger partial charge in [0, 0.05) is 5.56 Å². The number of rotatable bonds is 8. The third kappa shape index (κ3) is 5.31. The lowest BCUT2D eigenvalue weighted by Gasteiger charge is -2.06. The van der Waals surface area contributed by atoms with Gasteiger partial charge in [-0.2, -0.15) is 0 Å². The van der Waals surface area contributed by atoms with Crippen LogP contribution in [0.5, 0.6) is 11.5 Å². The highest BCUT2D eigenvalue weighted by atomic mass is 16.6. The summed E-state index contributed by atoms with van der Waals surface area (Å²) in [6.45, 7) is 1.77. The van der Waals surface area contributed by atoms with Gasteiger partial charge in [-0.25, -0.2) is 4.79 Å². The lowest BCUT2D eigenvalue weighted by molar-refractivity contribution is -0.139. The third-order valence-electron chi connectivity index (χ3n) is 3.21. The molecule has 0 aromatic heterocycles. The SMILES string of the molecule is COc1ccc(CO/N=C(\C)c2cccc(OCC(=O)O)c2)cc1. The van der Waals surface area contributed by atoms with Gasteiger partial charge in [-0.05, 0) is 36.8 Å². The number of aliphatic carboxylic acids is 1. The summed E-state index contributed by atoms with van der Waals surface area (Å²) < 4.78 is 10.2. The molecule has 0 atom stereocenters. The summed E-state index contributed by atoms with van der Waals surface area (Å²) in [7, 11) is 1.62. The van der Waals surface area contributed by atoms with Gasteiger partial charge in [-0.1, -0.05) is 29.4 Å². The molecule has 2 aromatic carbocycles. The molecular formula is C18H19NO5. The Kier molecular flexibility index (Phi) is 6.19. The van der Waals surface area contributed by atoms with Crippen molar-refractivity contribution in [1.29, 1.82) is 0 Å². The van der Waals surface area contributed by atoms with E-state index in [0.29, 0.717) is 18.1 Å². The van der Waals surface area contributed by atoms with Crippen LogP contribution in [0.4, 0.5) is 0 Å². The van der Waals surface area contributed by atoms with Crippen LogP contribution in [-0.2, 0) is 16.2 Å². The number of ether oxygens (including phenoxy) is 2. The molecule has 2 aromatic rings. The fourth-order valence-corrected chi connectivity index (χ4v) is 1.93. The number of hydrogen-bond donors (Lipinski definition) is 1. The molecular weight excluding hydrogens is 310 g/mol. The molecule has 24 heavy (non-hydrogen) atoms. The first-order valence-corrected chi connectivity index (χ1v) is 7.33. The van der Waals surface area contributed by atoms with Gasteiger partial charge in [-0.15, -0.1) is 0 Å². The highest BCUT2D eigenvalue weighted by molar-refractivity contribution is 5.98. The Morgan fingerprint density at radius 1 is 1.12 bits per heavy atom. The minimum Gasteiger partial charge on any atom is -0.497 e. The van der Waals surface area contributed by atoms with Gasteiger partial charge in [-0.3, -0.25) is 0 Å². The van der Waals surface area contributed by atoms with Crippen LogP contribution in [0.25, 0.3) is 0 Å². The van der Waals surface area contributed by atoms with Gasteiger partial charge in [0.25, 0.3) is 0 Å². The maximum absolute atomic E-state index is 10.5. The van der Waals surface area contributed by atoms with Crippen molar-refractivity contribution in [1.82, 2.24) is 0 Å². The van der Waals surface area contributed by atoms with Crippen LogP contribution in [0.3, 0.4) is 0 Å². The molecule has 0 aliphatic heterocycles. The van der Waals surface area contributed by atoms with Crippen LogP contribution in [0.1, 0.15) is 18.1 Å². The summed E-state index contributed by atoms with van der Waals surface area (Å²) >= 11 is 0. The molecule has 0 amide bonds. The number of hydrogen-bond acceptors (Lipinski definition) is 5. The van der Waals surface area contributed by atoms with Crippen LogP contribution in [0.2, 0.25) is 0 Å².